The van der Waals surface area contributed by atoms with Crippen LogP contribution in [0.15, 0.2) is 41.3 Å². The highest BCUT2D eigenvalue weighted by atomic mass is 127. The molecule has 2 aromatic carbocycles. The third-order valence-corrected chi connectivity index (χ3v) is 6.66. The van der Waals surface area contributed by atoms with Crippen molar-refractivity contribution in [3.8, 4) is 17.6 Å². The molecule has 31 heavy (non-hydrogen) atoms. The summed E-state index contributed by atoms with van der Waals surface area (Å²) >= 11 is 8.89. The summed E-state index contributed by atoms with van der Waals surface area (Å²) in [6.07, 6.45) is 1.83. The minimum Gasteiger partial charge on any atom is -0.493 e. The van der Waals surface area contributed by atoms with Gasteiger partial charge in [-0.2, -0.15) is 5.26 Å². The van der Waals surface area contributed by atoms with Gasteiger partial charge in [0, 0.05) is 12.1 Å². The molecule has 0 N–H and O–H groups in total. The Kier molecular flexibility index (Phi) is 7.97. The van der Waals surface area contributed by atoms with Crippen LogP contribution in [0.2, 0.25) is 0 Å². The molecule has 0 atom stereocenters. The van der Waals surface area contributed by atoms with Gasteiger partial charge in [0.15, 0.2) is 11.5 Å². The number of carbonyl (C=O) groups excluding carboxylic acids is 1. The molecule has 8 heteroatoms. The van der Waals surface area contributed by atoms with Gasteiger partial charge in [-0.3, -0.25) is 9.69 Å². The van der Waals surface area contributed by atoms with Gasteiger partial charge in [0.25, 0.3) is 5.91 Å². The van der Waals surface area contributed by atoms with Crippen molar-refractivity contribution in [2.45, 2.75) is 20.5 Å². The Hall–Kier alpha value is -2.09. The maximum atomic E-state index is 12.7. The Morgan fingerprint density at radius 1 is 1.32 bits per heavy atom. The number of nitrogens with zero attached hydrogens (tertiary/aromatic N) is 2. The number of amides is 1. The molecular weight excluding hydrogens is 543 g/mol. The predicted octanol–water partition coefficient (Wildman–Crippen LogP) is 5.61. The molecule has 0 saturated carbocycles. The molecule has 1 aliphatic heterocycles. The lowest BCUT2D eigenvalue weighted by atomic mass is 10.1. The Bertz CT molecular complexity index is 1090. The topological polar surface area (TPSA) is 62.6 Å². The first-order valence-electron chi connectivity index (χ1n) is 9.57. The van der Waals surface area contributed by atoms with E-state index in [0.717, 1.165) is 14.7 Å². The molecule has 1 amide bonds. The number of benzene rings is 2. The molecule has 5 nitrogen and oxygen atoms in total. The summed E-state index contributed by atoms with van der Waals surface area (Å²) in [5.41, 5.74) is 2.22. The number of nitriles is 1. The molecule has 2 aromatic rings. The van der Waals surface area contributed by atoms with Gasteiger partial charge in [0.05, 0.1) is 27.2 Å². The fourth-order valence-electron chi connectivity index (χ4n) is 3.04. The lowest BCUT2D eigenvalue weighted by molar-refractivity contribution is -0.122. The van der Waals surface area contributed by atoms with Crippen molar-refractivity contribution in [2.24, 2.45) is 5.92 Å². The van der Waals surface area contributed by atoms with Crippen LogP contribution in [-0.4, -0.2) is 28.8 Å². The molecule has 3 rings (SSSR count). The van der Waals surface area contributed by atoms with E-state index in [2.05, 4.69) is 42.5 Å². The third-order valence-electron chi connectivity index (χ3n) is 4.48. The van der Waals surface area contributed by atoms with Crippen LogP contribution in [0.4, 0.5) is 0 Å². The maximum absolute atomic E-state index is 12.7. The van der Waals surface area contributed by atoms with Gasteiger partial charge in [0.2, 0.25) is 0 Å². The second-order valence-electron chi connectivity index (χ2n) is 7.28. The third kappa shape index (κ3) is 5.59. The first kappa shape index (κ1) is 23.6. The van der Waals surface area contributed by atoms with Gasteiger partial charge in [-0.15, -0.1) is 0 Å². The molecule has 0 aromatic heterocycles. The van der Waals surface area contributed by atoms with Gasteiger partial charge in [-0.25, -0.2) is 0 Å². The smallest absolute Gasteiger partial charge is 0.266 e. The SMILES string of the molecule is COc1cc(/C=C2\SC(=S)N(CC(C)C)C2=O)cc(I)c1OCc1ccccc1C#N. The van der Waals surface area contributed by atoms with Crippen molar-refractivity contribution < 1.29 is 14.3 Å². The number of hydrogen-bond acceptors (Lipinski definition) is 6. The minimum atomic E-state index is -0.0638. The zero-order valence-corrected chi connectivity index (χ0v) is 21.1. The quantitative estimate of drug-likeness (QED) is 0.248. The number of ether oxygens (including phenoxy) is 2. The molecule has 160 valence electrons. The van der Waals surface area contributed by atoms with Crippen molar-refractivity contribution in [1.82, 2.24) is 4.90 Å². The average Bonchev–Trinajstić information content (AvgIpc) is 2.99. The van der Waals surface area contributed by atoms with Gasteiger partial charge in [-0.1, -0.05) is 56.0 Å². The number of methoxy groups -OCH3 is 1. The van der Waals surface area contributed by atoms with Crippen LogP contribution in [-0.2, 0) is 11.4 Å². The van der Waals surface area contributed by atoms with Crippen molar-refractivity contribution in [2.75, 3.05) is 13.7 Å². The Morgan fingerprint density at radius 2 is 2.06 bits per heavy atom. The molecular formula is C23H21IN2O3S2. The summed E-state index contributed by atoms with van der Waals surface area (Å²) in [6.45, 7) is 4.98. The molecule has 0 aliphatic carbocycles. The number of carbonyl (C=O) groups is 1. The number of thiocarbonyl (C=S) groups is 1. The zero-order valence-electron chi connectivity index (χ0n) is 17.3. The van der Waals surface area contributed by atoms with E-state index in [-0.39, 0.29) is 12.5 Å². The van der Waals surface area contributed by atoms with Crippen LogP contribution in [0.1, 0.15) is 30.5 Å². The van der Waals surface area contributed by atoms with Crippen molar-refractivity contribution >= 4 is 62.9 Å². The van der Waals surface area contributed by atoms with E-state index in [1.165, 1.54) is 11.8 Å². The zero-order chi connectivity index (χ0) is 22.5. The molecule has 1 fully saturated rings. The standard InChI is InChI=1S/C23H21IN2O3S2/c1-14(2)12-26-22(27)20(31-23(26)30)10-15-8-18(24)21(19(9-15)28-3)29-13-17-7-5-4-6-16(17)11-25/h4-10,14H,12-13H2,1-3H3/b20-10-. The van der Waals surface area contributed by atoms with Crippen LogP contribution in [0, 0.1) is 20.8 Å². The second kappa shape index (κ2) is 10.5. The molecule has 0 unspecified atom stereocenters. The van der Waals surface area contributed by atoms with E-state index in [1.807, 2.05) is 36.4 Å². The molecule has 0 spiro atoms. The first-order chi connectivity index (χ1) is 14.8. The molecule has 1 aliphatic rings. The van der Waals surface area contributed by atoms with E-state index in [1.54, 1.807) is 18.1 Å². The Labute approximate surface area is 205 Å². The fraction of sp³-hybridized carbons (Fsp3) is 0.261. The second-order valence-corrected chi connectivity index (χ2v) is 10.1. The lowest BCUT2D eigenvalue weighted by Gasteiger charge is -2.16. The van der Waals surface area contributed by atoms with Gasteiger partial charge in [-0.05, 0) is 58.3 Å². The van der Waals surface area contributed by atoms with E-state index in [0.29, 0.717) is 38.8 Å². The van der Waals surface area contributed by atoms with Gasteiger partial charge < -0.3 is 9.47 Å². The largest absolute Gasteiger partial charge is 0.493 e. The number of hydrogen-bond donors (Lipinski definition) is 0. The lowest BCUT2D eigenvalue weighted by Crippen LogP contribution is -2.31. The van der Waals surface area contributed by atoms with Crippen LogP contribution in [0.5, 0.6) is 11.5 Å². The Balaban J connectivity index is 1.84. The van der Waals surface area contributed by atoms with Crippen LogP contribution >= 0.6 is 46.6 Å². The summed E-state index contributed by atoms with van der Waals surface area (Å²) in [7, 11) is 1.58. The highest BCUT2D eigenvalue weighted by molar-refractivity contribution is 14.1. The molecule has 1 saturated heterocycles. The predicted molar refractivity (Wildman–Crippen MR) is 136 cm³/mol. The molecule has 0 bridgehead atoms. The van der Waals surface area contributed by atoms with E-state index in [4.69, 9.17) is 21.7 Å². The number of thioether (sulfide) groups is 1. The molecule has 1 heterocycles. The molecule has 0 radical (unpaired) electrons. The summed E-state index contributed by atoms with van der Waals surface area (Å²) in [4.78, 5) is 15.0. The summed E-state index contributed by atoms with van der Waals surface area (Å²) in [6, 6.07) is 13.3. The monoisotopic (exact) mass is 564 g/mol. The average molecular weight is 564 g/mol. The van der Waals surface area contributed by atoms with Crippen LogP contribution in [0.3, 0.4) is 0 Å². The van der Waals surface area contributed by atoms with E-state index >= 15 is 0 Å². The number of halogens is 1. The highest BCUT2D eigenvalue weighted by Gasteiger charge is 2.32. The van der Waals surface area contributed by atoms with Crippen LogP contribution in [0.25, 0.3) is 6.08 Å². The van der Waals surface area contributed by atoms with Gasteiger partial charge in [0.1, 0.15) is 10.9 Å². The van der Waals surface area contributed by atoms with Crippen LogP contribution < -0.4 is 9.47 Å². The van der Waals surface area contributed by atoms with Crippen molar-refractivity contribution in [3.05, 3.63) is 61.6 Å². The summed E-state index contributed by atoms with van der Waals surface area (Å²) in [5.74, 6) is 1.43. The summed E-state index contributed by atoms with van der Waals surface area (Å²) < 4.78 is 13.0. The van der Waals surface area contributed by atoms with E-state index < -0.39 is 0 Å². The summed E-state index contributed by atoms with van der Waals surface area (Å²) in [5, 5.41) is 9.27. The number of rotatable bonds is 7. The highest BCUT2D eigenvalue weighted by Crippen LogP contribution is 2.38. The maximum Gasteiger partial charge on any atom is 0.266 e. The normalized spacial score (nSPS) is 15.0. The van der Waals surface area contributed by atoms with Gasteiger partial charge >= 0.3 is 0 Å². The fourth-order valence-corrected chi connectivity index (χ4v) is 5.10. The minimum absolute atomic E-state index is 0.0638. The van der Waals surface area contributed by atoms with E-state index in [9.17, 15) is 10.1 Å². The Morgan fingerprint density at radius 3 is 2.74 bits per heavy atom. The first-order valence-corrected chi connectivity index (χ1v) is 11.9. The van der Waals surface area contributed by atoms with Crippen molar-refractivity contribution in [1.29, 1.82) is 5.26 Å². The van der Waals surface area contributed by atoms with Crippen molar-refractivity contribution in [3.63, 3.8) is 0 Å².